The van der Waals surface area contributed by atoms with E-state index in [9.17, 15) is 28.3 Å². The van der Waals surface area contributed by atoms with Crippen molar-refractivity contribution in [2.75, 3.05) is 25.5 Å². The van der Waals surface area contributed by atoms with Gasteiger partial charge in [-0.2, -0.15) is 0 Å². The lowest BCUT2D eigenvalue weighted by Crippen LogP contribution is -2.55. The van der Waals surface area contributed by atoms with Gasteiger partial charge in [-0.1, -0.05) is 60.7 Å². The molecule has 3 aromatic carbocycles. The fourth-order valence-corrected chi connectivity index (χ4v) is 5.03. The van der Waals surface area contributed by atoms with E-state index in [1.54, 1.807) is 61.5 Å². The Morgan fingerprint density at radius 2 is 1.62 bits per heavy atom. The summed E-state index contributed by atoms with van der Waals surface area (Å²) in [4.78, 5) is 42.4. The number of nitrogens with zero attached hydrogens (tertiary/aromatic N) is 2. The van der Waals surface area contributed by atoms with E-state index >= 15 is 0 Å². The number of hydrogen-bond donors (Lipinski definition) is 3. The summed E-state index contributed by atoms with van der Waals surface area (Å²) in [5.74, 6) is -5.62. The van der Waals surface area contributed by atoms with E-state index in [-0.39, 0.29) is 13.0 Å². The number of rotatable bonds is 10. The maximum Gasteiger partial charge on any atom is 0.267 e. The molecule has 0 aromatic heterocycles. The first-order valence-electron chi connectivity index (χ1n) is 13.8. The van der Waals surface area contributed by atoms with Crippen LogP contribution in [0.3, 0.4) is 0 Å². The summed E-state index contributed by atoms with van der Waals surface area (Å²) in [5.41, 5.74) is 3.51. The molecule has 3 amide bonds. The molecule has 1 fully saturated rings. The zero-order valence-corrected chi connectivity index (χ0v) is 23.9. The number of benzene rings is 3. The van der Waals surface area contributed by atoms with Crippen LogP contribution in [0.2, 0.25) is 0 Å². The first kappa shape index (κ1) is 30.6. The van der Waals surface area contributed by atoms with Crippen LogP contribution in [0.25, 0.3) is 0 Å². The molecule has 3 N–H and O–H groups in total. The molecule has 1 aliphatic heterocycles. The van der Waals surface area contributed by atoms with Crippen molar-refractivity contribution < 1.29 is 28.3 Å². The van der Waals surface area contributed by atoms with E-state index in [4.69, 9.17) is 0 Å². The summed E-state index contributed by atoms with van der Waals surface area (Å²) in [5, 5.41) is 16.6. The van der Waals surface area contributed by atoms with Gasteiger partial charge < -0.3 is 25.5 Å². The van der Waals surface area contributed by atoms with Gasteiger partial charge in [-0.15, -0.1) is 0 Å². The van der Waals surface area contributed by atoms with Crippen LogP contribution in [0, 0.1) is 6.92 Å². The smallest absolute Gasteiger partial charge is 0.267 e. The Bertz CT molecular complexity index is 1400. The predicted octanol–water partition coefficient (Wildman–Crippen LogP) is 3.32. The molecular weight excluding hydrogens is 542 g/mol. The maximum absolute atomic E-state index is 14.6. The SMILES string of the molecule is Cc1ccccc1C(=O)NC(Cc1ccccc1)C(O)C(=O)N1CC(F)(F)CC1C(=O)NCc1ccc(N(C)C)cc1. The fraction of sp³-hybridized carbons (Fsp3) is 0.344. The second-order valence-corrected chi connectivity index (χ2v) is 10.9. The summed E-state index contributed by atoms with van der Waals surface area (Å²) in [6.45, 7) is 0.833. The van der Waals surface area contributed by atoms with E-state index in [0.29, 0.717) is 11.1 Å². The number of aryl methyl sites for hydroxylation is 1. The van der Waals surface area contributed by atoms with E-state index in [2.05, 4.69) is 10.6 Å². The largest absolute Gasteiger partial charge is 0.381 e. The Hall–Kier alpha value is -4.31. The number of aliphatic hydroxyl groups is 1. The predicted molar refractivity (Wildman–Crippen MR) is 156 cm³/mol. The number of aliphatic hydroxyl groups excluding tert-OH is 1. The first-order valence-corrected chi connectivity index (χ1v) is 13.8. The number of carbonyl (C=O) groups excluding carboxylic acids is 3. The molecule has 0 aliphatic carbocycles. The van der Waals surface area contributed by atoms with Gasteiger partial charge in [0, 0.05) is 38.3 Å². The summed E-state index contributed by atoms with van der Waals surface area (Å²) in [6.07, 6.45) is -2.67. The summed E-state index contributed by atoms with van der Waals surface area (Å²) in [6, 6.07) is 20.5. The topological polar surface area (TPSA) is 102 Å². The lowest BCUT2D eigenvalue weighted by Gasteiger charge is -2.30. The van der Waals surface area contributed by atoms with Crippen LogP contribution in [0.15, 0.2) is 78.9 Å². The molecule has 8 nitrogen and oxygen atoms in total. The third-order valence-electron chi connectivity index (χ3n) is 7.41. The molecule has 0 spiro atoms. The average molecular weight is 579 g/mol. The number of halogens is 2. The van der Waals surface area contributed by atoms with Gasteiger partial charge in [0.1, 0.15) is 6.04 Å². The normalized spacial score (nSPS) is 17.3. The van der Waals surface area contributed by atoms with Crippen LogP contribution < -0.4 is 15.5 Å². The molecule has 4 rings (SSSR count). The Morgan fingerprint density at radius 1 is 0.976 bits per heavy atom. The van der Waals surface area contributed by atoms with Crippen molar-refractivity contribution in [3.63, 3.8) is 0 Å². The van der Waals surface area contributed by atoms with E-state index in [1.807, 2.05) is 43.3 Å². The second kappa shape index (κ2) is 13.1. The lowest BCUT2D eigenvalue weighted by atomic mass is 9.99. The molecule has 0 radical (unpaired) electrons. The van der Waals surface area contributed by atoms with Gasteiger partial charge in [0.25, 0.3) is 17.7 Å². The van der Waals surface area contributed by atoms with Crippen LogP contribution in [-0.2, 0) is 22.6 Å². The summed E-state index contributed by atoms with van der Waals surface area (Å²) >= 11 is 0. The van der Waals surface area contributed by atoms with E-state index in [0.717, 1.165) is 21.7 Å². The van der Waals surface area contributed by atoms with Gasteiger partial charge in [0.15, 0.2) is 6.10 Å². The number of amides is 3. The Morgan fingerprint density at radius 3 is 2.26 bits per heavy atom. The number of anilines is 1. The number of carbonyl (C=O) groups is 3. The molecule has 3 unspecified atom stereocenters. The lowest BCUT2D eigenvalue weighted by molar-refractivity contribution is -0.147. The molecule has 1 heterocycles. The van der Waals surface area contributed by atoms with E-state index < -0.39 is 54.8 Å². The quantitative estimate of drug-likeness (QED) is 0.343. The van der Waals surface area contributed by atoms with Crippen molar-refractivity contribution in [2.45, 2.75) is 50.4 Å². The zero-order valence-electron chi connectivity index (χ0n) is 23.9. The maximum atomic E-state index is 14.6. The fourth-order valence-electron chi connectivity index (χ4n) is 5.03. The number of nitrogens with one attached hydrogen (secondary N) is 2. The zero-order chi connectivity index (χ0) is 30.4. The molecule has 0 bridgehead atoms. The van der Waals surface area contributed by atoms with Gasteiger partial charge in [-0.3, -0.25) is 14.4 Å². The molecule has 0 saturated carbocycles. The summed E-state index contributed by atoms with van der Waals surface area (Å²) < 4.78 is 29.2. The highest BCUT2D eigenvalue weighted by atomic mass is 19.3. The molecule has 1 aliphatic rings. The first-order chi connectivity index (χ1) is 19.9. The highest BCUT2D eigenvalue weighted by Gasteiger charge is 2.51. The minimum atomic E-state index is -3.32. The minimum absolute atomic E-state index is 0.0649. The molecule has 222 valence electrons. The molecule has 3 atom stereocenters. The second-order valence-electron chi connectivity index (χ2n) is 10.9. The number of likely N-dealkylation sites (tertiary alicyclic amines) is 1. The van der Waals surface area contributed by atoms with Crippen LogP contribution >= 0.6 is 0 Å². The molecule has 1 saturated heterocycles. The van der Waals surface area contributed by atoms with Crippen LogP contribution in [0.5, 0.6) is 0 Å². The van der Waals surface area contributed by atoms with Gasteiger partial charge >= 0.3 is 0 Å². The van der Waals surface area contributed by atoms with Crippen molar-refractivity contribution in [2.24, 2.45) is 0 Å². The highest BCUT2D eigenvalue weighted by Crippen LogP contribution is 2.33. The van der Waals surface area contributed by atoms with Crippen LogP contribution in [0.4, 0.5) is 14.5 Å². The van der Waals surface area contributed by atoms with Gasteiger partial charge in [0.2, 0.25) is 5.91 Å². The standard InChI is InChI=1S/C32H36F2N4O4/c1-21-9-7-8-12-25(21)29(40)36-26(17-22-10-5-4-6-11-22)28(39)31(42)38-20-32(33,34)18-27(38)30(41)35-19-23-13-15-24(16-14-23)37(2)3/h4-16,26-28,39H,17-20H2,1-3H3,(H,35,41)(H,36,40). The third-order valence-corrected chi connectivity index (χ3v) is 7.41. The van der Waals surface area contributed by atoms with Crippen molar-refractivity contribution in [1.82, 2.24) is 15.5 Å². The Balaban J connectivity index is 1.51. The molecule has 42 heavy (non-hydrogen) atoms. The Labute approximate surface area is 244 Å². The average Bonchev–Trinajstić information content (AvgIpc) is 3.31. The van der Waals surface area contributed by atoms with Gasteiger partial charge in [-0.05, 0) is 48.2 Å². The van der Waals surface area contributed by atoms with Crippen molar-refractivity contribution in [1.29, 1.82) is 0 Å². The molecule has 10 heteroatoms. The third kappa shape index (κ3) is 7.50. The summed E-state index contributed by atoms with van der Waals surface area (Å²) in [7, 11) is 3.80. The molecular formula is C32H36F2N4O4. The molecule has 3 aromatic rings. The van der Waals surface area contributed by atoms with Gasteiger partial charge in [0.05, 0.1) is 12.6 Å². The van der Waals surface area contributed by atoms with Crippen molar-refractivity contribution >= 4 is 23.4 Å². The number of hydrogen-bond acceptors (Lipinski definition) is 5. The Kier molecular flexibility index (Phi) is 9.57. The minimum Gasteiger partial charge on any atom is -0.381 e. The monoisotopic (exact) mass is 578 g/mol. The van der Waals surface area contributed by atoms with Crippen LogP contribution in [0.1, 0.15) is 33.5 Å². The highest BCUT2D eigenvalue weighted by molar-refractivity contribution is 5.96. The number of alkyl halides is 2. The van der Waals surface area contributed by atoms with Crippen molar-refractivity contribution in [3.05, 3.63) is 101 Å². The van der Waals surface area contributed by atoms with Gasteiger partial charge in [-0.25, -0.2) is 8.78 Å². The van der Waals surface area contributed by atoms with Crippen molar-refractivity contribution in [3.8, 4) is 0 Å². The van der Waals surface area contributed by atoms with E-state index in [1.165, 1.54) is 0 Å². The van der Waals surface area contributed by atoms with Crippen LogP contribution in [-0.4, -0.2) is 72.5 Å².